The molecule has 2 heterocycles. The van der Waals surface area contributed by atoms with Gasteiger partial charge in [-0.2, -0.15) is 0 Å². The van der Waals surface area contributed by atoms with Crippen LogP contribution in [0.4, 0.5) is 15.8 Å². The Morgan fingerprint density at radius 3 is 3.00 bits per heavy atom. The summed E-state index contributed by atoms with van der Waals surface area (Å²) < 4.78 is 13.2. The van der Waals surface area contributed by atoms with Crippen molar-refractivity contribution in [2.75, 3.05) is 16.8 Å². The van der Waals surface area contributed by atoms with Crippen LogP contribution in [0.25, 0.3) is 0 Å². The van der Waals surface area contributed by atoms with Crippen molar-refractivity contribution in [1.82, 2.24) is 5.32 Å². The molecule has 0 unspecified atom stereocenters. The van der Waals surface area contributed by atoms with E-state index in [2.05, 4.69) is 15.5 Å². The highest BCUT2D eigenvalue weighted by Gasteiger charge is 2.36. The fourth-order valence-corrected chi connectivity index (χ4v) is 3.50. The molecule has 5 nitrogen and oxygen atoms in total. The zero-order valence-corrected chi connectivity index (χ0v) is 13.6. The second kappa shape index (κ2) is 6.20. The molecule has 0 aliphatic carbocycles. The van der Waals surface area contributed by atoms with Crippen LogP contribution in [-0.4, -0.2) is 24.4 Å². The van der Waals surface area contributed by atoms with Crippen LogP contribution in [-0.2, 0) is 11.3 Å². The summed E-state index contributed by atoms with van der Waals surface area (Å²) in [5.41, 5.74) is 2.79. The third-order valence-corrected chi connectivity index (χ3v) is 4.72. The van der Waals surface area contributed by atoms with Gasteiger partial charge in [0.25, 0.3) is 5.91 Å². The molecular formula is C19H18FN3O2. The standard InChI is InChI=1S/C19H18FN3O2/c20-14-4-1-3-12(9-14)11-21-18(24)13-6-7-16-15(10-13)22-19(25)17-5-2-8-23(16)17/h1,3-4,6-7,9-10,17H,2,5,8,11H2,(H,21,24)(H,22,25)/t17-/m0/s1. The number of halogens is 1. The minimum Gasteiger partial charge on any atom is -0.358 e. The van der Waals surface area contributed by atoms with Crippen molar-refractivity contribution in [3.8, 4) is 0 Å². The number of amides is 2. The maximum Gasteiger partial charge on any atom is 0.251 e. The molecule has 4 rings (SSSR count). The van der Waals surface area contributed by atoms with Crippen molar-refractivity contribution < 1.29 is 14.0 Å². The van der Waals surface area contributed by atoms with Gasteiger partial charge in [0.2, 0.25) is 5.91 Å². The molecule has 1 atom stereocenters. The molecule has 2 aromatic rings. The molecule has 0 radical (unpaired) electrons. The smallest absolute Gasteiger partial charge is 0.251 e. The van der Waals surface area contributed by atoms with E-state index in [1.165, 1.54) is 12.1 Å². The summed E-state index contributed by atoms with van der Waals surface area (Å²) in [6, 6.07) is 11.4. The molecule has 2 aliphatic rings. The fourth-order valence-electron chi connectivity index (χ4n) is 3.50. The molecule has 6 heteroatoms. The third kappa shape index (κ3) is 2.95. The first-order valence-corrected chi connectivity index (χ1v) is 8.36. The van der Waals surface area contributed by atoms with E-state index < -0.39 is 0 Å². The lowest BCUT2D eigenvalue weighted by Gasteiger charge is -2.33. The molecular weight excluding hydrogens is 321 g/mol. The Morgan fingerprint density at radius 1 is 1.28 bits per heavy atom. The Hall–Kier alpha value is -2.89. The topological polar surface area (TPSA) is 61.4 Å². The Labute approximate surface area is 144 Å². The molecule has 128 valence electrons. The van der Waals surface area contributed by atoms with Gasteiger partial charge < -0.3 is 15.5 Å². The van der Waals surface area contributed by atoms with E-state index in [0.717, 1.165) is 25.1 Å². The number of nitrogens with zero attached hydrogens (tertiary/aromatic N) is 1. The van der Waals surface area contributed by atoms with Crippen molar-refractivity contribution in [2.45, 2.75) is 25.4 Å². The molecule has 0 aromatic heterocycles. The van der Waals surface area contributed by atoms with Crippen LogP contribution in [0.2, 0.25) is 0 Å². The number of nitrogens with one attached hydrogen (secondary N) is 2. The zero-order valence-electron chi connectivity index (χ0n) is 13.6. The summed E-state index contributed by atoms with van der Waals surface area (Å²) in [6.07, 6.45) is 1.86. The van der Waals surface area contributed by atoms with Crippen LogP contribution >= 0.6 is 0 Å². The van der Waals surface area contributed by atoms with E-state index in [9.17, 15) is 14.0 Å². The Morgan fingerprint density at radius 2 is 2.16 bits per heavy atom. The molecule has 2 N–H and O–H groups in total. The van der Waals surface area contributed by atoms with Gasteiger partial charge in [-0.15, -0.1) is 0 Å². The lowest BCUT2D eigenvalue weighted by atomic mass is 10.1. The molecule has 0 spiro atoms. The SMILES string of the molecule is O=C(NCc1cccc(F)c1)c1ccc2c(c1)NC(=O)[C@@H]1CCCN21. The van der Waals surface area contributed by atoms with E-state index in [4.69, 9.17) is 0 Å². The molecule has 0 bridgehead atoms. The molecule has 2 amide bonds. The first kappa shape index (κ1) is 15.6. The highest BCUT2D eigenvalue weighted by atomic mass is 19.1. The summed E-state index contributed by atoms with van der Waals surface area (Å²) in [4.78, 5) is 26.6. The van der Waals surface area contributed by atoms with E-state index >= 15 is 0 Å². The van der Waals surface area contributed by atoms with Crippen LogP contribution in [0.5, 0.6) is 0 Å². The number of rotatable bonds is 3. The van der Waals surface area contributed by atoms with Gasteiger partial charge in [-0.3, -0.25) is 9.59 Å². The van der Waals surface area contributed by atoms with E-state index in [0.29, 0.717) is 16.8 Å². The highest BCUT2D eigenvalue weighted by molar-refractivity contribution is 6.06. The second-order valence-electron chi connectivity index (χ2n) is 6.39. The summed E-state index contributed by atoms with van der Waals surface area (Å²) in [6.45, 7) is 1.10. The maximum absolute atomic E-state index is 13.2. The number of fused-ring (bicyclic) bond motifs is 3. The summed E-state index contributed by atoms with van der Waals surface area (Å²) in [7, 11) is 0. The highest BCUT2D eigenvalue weighted by Crippen LogP contribution is 2.37. The number of carbonyl (C=O) groups is 2. The normalized spacial score (nSPS) is 18.4. The van der Waals surface area contributed by atoms with Gasteiger partial charge in [-0.1, -0.05) is 12.1 Å². The minimum absolute atomic E-state index is 0.0117. The van der Waals surface area contributed by atoms with Crippen molar-refractivity contribution in [2.24, 2.45) is 0 Å². The van der Waals surface area contributed by atoms with E-state index in [1.807, 2.05) is 6.07 Å². The van der Waals surface area contributed by atoms with Gasteiger partial charge in [0.15, 0.2) is 0 Å². The average Bonchev–Trinajstić information content (AvgIpc) is 3.10. The van der Waals surface area contributed by atoms with Gasteiger partial charge in [0, 0.05) is 18.7 Å². The van der Waals surface area contributed by atoms with Gasteiger partial charge in [-0.05, 0) is 48.7 Å². The van der Waals surface area contributed by atoms with Crippen LogP contribution in [0.3, 0.4) is 0 Å². The van der Waals surface area contributed by atoms with E-state index in [1.54, 1.807) is 24.3 Å². The lowest BCUT2D eigenvalue weighted by Crippen LogP contribution is -2.44. The predicted octanol–water partition coefficient (Wildman–Crippen LogP) is 2.68. The van der Waals surface area contributed by atoms with Gasteiger partial charge >= 0.3 is 0 Å². The van der Waals surface area contributed by atoms with Crippen LogP contribution < -0.4 is 15.5 Å². The van der Waals surface area contributed by atoms with Crippen LogP contribution in [0.1, 0.15) is 28.8 Å². The molecule has 2 aliphatic heterocycles. The third-order valence-electron chi connectivity index (χ3n) is 4.72. The largest absolute Gasteiger partial charge is 0.358 e. The minimum atomic E-state index is -0.330. The van der Waals surface area contributed by atoms with Crippen molar-refractivity contribution in [3.05, 3.63) is 59.4 Å². The van der Waals surface area contributed by atoms with Crippen molar-refractivity contribution >= 4 is 23.2 Å². The average molecular weight is 339 g/mol. The van der Waals surface area contributed by atoms with Gasteiger partial charge in [0.1, 0.15) is 11.9 Å². The molecule has 25 heavy (non-hydrogen) atoms. The summed E-state index contributed by atoms with van der Waals surface area (Å²) >= 11 is 0. The fraction of sp³-hybridized carbons (Fsp3) is 0.263. The Bertz CT molecular complexity index is 852. The van der Waals surface area contributed by atoms with Crippen LogP contribution in [0, 0.1) is 5.82 Å². The number of hydrogen-bond acceptors (Lipinski definition) is 3. The quantitative estimate of drug-likeness (QED) is 0.904. The lowest BCUT2D eigenvalue weighted by molar-refractivity contribution is -0.117. The monoisotopic (exact) mass is 339 g/mol. The first-order valence-electron chi connectivity index (χ1n) is 8.36. The van der Waals surface area contributed by atoms with Gasteiger partial charge in [-0.25, -0.2) is 4.39 Å². The predicted molar refractivity (Wildman–Crippen MR) is 93.0 cm³/mol. The van der Waals surface area contributed by atoms with E-state index in [-0.39, 0.29) is 30.2 Å². The Balaban J connectivity index is 1.51. The summed E-state index contributed by atoms with van der Waals surface area (Å²) in [5, 5.41) is 5.67. The van der Waals surface area contributed by atoms with Crippen molar-refractivity contribution in [1.29, 1.82) is 0 Å². The number of carbonyl (C=O) groups excluding carboxylic acids is 2. The number of anilines is 2. The van der Waals surface area contributed by atoms with Crippen molar-refractivity contribution in [3.63, 3.8) is 0 Å². The molecule has 1 fully saturated rings. The van der Waals surface area contributed by atoms with Gasteiger partial charge in [0.05, 0.1) is 11.4 Å². The Kier molecular flexibility index (Phi) is 3.87. The maximum atomic E-state index is 13.2. The second-order valence-corrected chi connectivity index (χ2v) is 6.39. The first-order chi connectivity index (χ1) is 12.1. The van der Waals surface area contributed by atoms with Crippen LogP contribution in [0.15, 0.2) is 42.5 Å². The summed E-state index contributed by atoms with van der Waals surface area (Å²) in [5.74, 6) is -0.601. The zero-order chi connectivity index (χ0) is 17.4. The molecule has 1 saturated heterocycles. The molecule has 0 saturated carbocycles. The number of hydrogen-bond donors (Lipinski definition) is 2. The number of benzene rings is 2. The molecule has 2 aromatic carbocycles.